The number of aliphatic hydroxyl groups is 1. The van der Waals surface area contributed by atoms with Crippen LogP contribution in [0.15, 0.2) is 18.2 Å². The van der Waals surface area contributed by atoms with Crippen molar-refractivity contribution in [2.24, 2.45) is 5.92 Å². The van der Waals surface area contributed by atoms with Gasteiger partial charge in [0.2, 0.25) is 0 Å². The predicted octanol–water partition coefficient (Wildman–Crippen LogP) is 3.06. The molecule has 0 aliphatic heterocycles. The van der Waals surface area contributed by atoms with E-state index >= 15 is 0 Å². The topological polar surface area (TPSA) is 41.5 Å². The van der Waals surface area contributed by atoms with Crippen molar-refractivity contribution in [3.8, 4) is 5.75 Å². The number of hydrogen-bond donors (Lipinski definition) is 2. The average Bonchev–Trinajstić information content (AvgIpc) is 2.37. The fraction of sp³-hybridized carbons (Fsp3) is 0.625. The van der Waals surface area contributed by atoms with Crippen LogP contribution in [0.5, 0.6) is 5.75 Å². The van der Waals surface area contributed by atoms with Crippen molar-refractivity contribution in [3.05, 3.63) is 29.3 Å². The molecule has 0 aliphatic carbocycles. The largest absolute Gasteiger partial charge is 0.496 e. The van der Waals surface area contributed by atoms with Crippen LogP contribution in [0.3, 0.4) is 0 Å². The lowest BCUT2D eigenvalue weighted by Gasteiger charge is -2.24. The smallest absolute Gasteiger partial charge is 0.123 e. The van der Waals surface area contributed by atoms with Crippen LogP contribution in [-0.2, 0) is 0 Å². The van der Waals surface area contributed by atoms with Crippen LogP contribution in [0.2, 0.25) is 0 Å². The van der Waals surface area contributed by atoms with Crippen LogP contribution >= 0.6 is 0 Å². The molecule has 108 valence electrons. The lowest BCUT2D eigenvalue weighted by molar-refractivity contribution is 0.214. The summed E-state index contributed by atoms with van der Waals surface area (Å²) >= 11 is 0. The van der Waals surface area contributed by atoms with Crippen LogP contribution in [0.4, 0.5) is 0 Å². The summed E-state index contributed by atoms with van der Waals surface area (Å²) in [6, 6.07) is 6.47. The Hall–Kier alpha value is -1.06. The molecule has 2 unspecified atom stereocenters. The maximum absolute atomic E-state index is 9.46. The fourth-order valence-electron chi connectivity index (χ4n) is 2.40. The third kappa shape index (κ3) is 4.84. The number of aliphatic hydroxyl groups excluding tert-OH is 1. The third-order valence-corrected chi connectivity index (χ3v) is 3.31. The van der Waals surface area contributed by atoms with Gasteiger partial charge in [-0.05, 0) is 32.3 Å². The van der Waals surface area contributed by atoms with Crippen molar-refractivity contribution >= 4 is 0 Å². The van der Waals surface area contributed by atoms with Crippen molar-refractivity contribution < 1.29 is 9.84 Å². The van der Waals surface area contributed by atoms with Gasteiger partial charge in [-0.3, -0.25) is 0 Å². The van der Waals surface area contributed by atoms with E-state index in [9.17, 15) is 5.11 Å². The summed E-state index contributed by atoms with van der Waals surface area (Å²) in [6.45, 7) is 8.69. The van der Waals surface area contributed by atoms with Gasteiger partial charge in [-0.25, -0.2) is 0 Å². The summed E-state index contributed by atoms with van der Waals surface area (Å²) in [4.78, 5) is 0. The minimum Gasteiger partial charge on any atom is -0.496 e. The van der Waals surface area contributed by atoms with Gasteiger partial charge >= 0.3 is 0 Å². The average molecular weight is 265 g/mol. The standard InChI is InChI=1S/C16H27NO2/c1-11(2)8-14(10-18)17-13(4)15-9-12(3)6-7-16(15)19-5/h6-7,9,11,13-14,17-18H,8,10H2,1-5H3. The number of nitrogens with one attached hydrogen (secondary N) is 1. The van der Waals surface area contributed by atoms with Gasteiger partial charge in [0, 0.05) is 17.6 Å². The Morgan fingerprint density at radius 1 is 1.26 bits per heavy atom. The highest BCUT2D eigenvalue weighted by Gasteiger charge is 2.17. The quantitative estimate of drug-likeness (QED) is 0.796. The van der Waals surface area contributed by atoms with Crippen molar-refractivity contribution in [3.63, 3.8) is 0 Å². The number of ether oxygens (including phenoxy) is 1. The molecule has 0 spiro atoms. The van der Waals surface area contributed by atoms with E-state index in [4.69, 9.17) is 4.74 Å². The van der Waals surface area contributed by atoms with Crippen molar-refractivity contribution in [1.82, 2.24) is 5.32 Å². The van der Waals surface area contributed by atoms with Crippen molar-refractivity contribution in [2.75, 3.05) is 13.7 Å². The van der Waals surface area contributed by atoms with Gasteiger partial charge < -0.3 is 15.2 Å². The van der Waals surface area contributed by atoms with Gasteiger partial charge in [0.15, 0.2) is 0 Å². The first-order chi connectivity index (χ1) is 8.97. The van der Waals surface area contributed by atoms with Gasteiger partial charge in [0.25, 0.3) is 0 Å². The number of rotatable bonds is 7. The Morgan fingerprint density at radius 3 is 2.47 bits per heavy atom. The molecular weight excluding hydrogens is 238 g/mol. The molecular formula is C16H27NO2. The third-order valence-electron chi connectivity index (χ3n) is 3.31. The van der Waals surface area contributed by atoms with E-state index in [0.29, 0.717) is 5.92 Å². The predicted molar refractivity (Wildman–Crippen MR) is 79.6 cm³/mol. The van der Waals surface area contributed by atoms with E-state index in [-0.39, 0.29) is 18.7 Å². The Labute approximate surface area is 117 Å². The van der Waals surface area contributed by atoms with Gasteiger partial charge in [0.05, 0.1) is 13.7 Å². The summed E-state index contributed by atoms with van der Waals surface area (Å²) < 4.78 is 5.42. The minimum atomic E-state index is 0.125. The van der Waals surface area contributed by atoms with Gasteiger partial charge in [0.1, 0.15) is 5.75 Å². The Morgan fingerprint density at radius 2 is 1.95 bits per heavy atom. The van der Waals surface area contributed by atoms with Crippen LogP contribution in [-0.4, -0.2) is 24.9 Å². The first-order valence-corrected chi connectivity index (χ1v) is 6.99. The number of hydrogen-bond acceptors (Lipinski definition) is 3. The van der Waals surface area contributed by atoms with Gasteiger partial charge in [-0.15, -0.1) is 0 Å². The molecule has 3 heteroatoms. The first kappa shape index (κ1) is 16.0. The molecule has 19 heavy (non-hydrogen) atoms. The maximum atomic E-state index is 9.46. The molecule has 3 nitrogen and oxygen atoms in total. The Bertz CT molecular complexity index is 390. The number of aryl methyl sites for hydroxylation is 1. The summed E-state index contributed by atoms with van der Waals surface area (Å²) in [5, 5.41) is 12.9. The molecule has 0 fully saturated rings. The molecule has 0 amide bonds. The highest BCUT2D eigenvalue weighted by Crippen LogP contribution is 2.26. The normalized spacial score (nSPS) is 14.5. The molecule has 2 N–H and O–H groups in total. The minimum absolute atomic E-state index is 0.125. The highest BCUT2D eigenvalue weighted by atomic mass is 16.5. The van der Waals surface area contributed by atoms with Crippen molar-refractivity contribution in [2.45, 2.75) is 46.2 Å². The zero-order valence-corrected chi connectivity index (χ0v) is 12.7. The summed E-state index contributed by atoms with van der Waals surface area (Å²) in [6.07, 6.45) is 0.967. The zero-order chi connectivity index (χ0) is 14.4. The molecule has 0 bridgehead atoms. The first-order valence-electron chi connectivity index (χ1n) is 6.99. The summed E-state index contributed by atoms with van der Waals surface area (Å²) in [5.74, 6) is 1.46. The SMILES string of the molecule is COc1ccc(C)cc1C(C)NC(CO)CC(C)C. The van der Waals surface area contributed by atoms with Gasteiger partial charge in [-0.2, -0.15) is 0 Å². The molecule has 1 aromatic carbocycles. The van der Waals surface area contributed by atoms with E-state index in [1.807, 2.05) is 12.1 Å². The van der Waals surface area contributed by atoms with E-state index in [2.05, 4.69) is 39.1 Å². The van der Waals surface area contributed by atoms with E-state index in [1.54, 1.807) is 7.11 Å². The monoisotopic (exact) mass is 265 g/mol. The van der Waals surface area contributed by atoms with Crippen LogP contribution < -0.4 is 10.1 Å². The molecule has 0 heterocycles. The molecule has 0 aliphatic rings. The molecule has 0 saturated carbocycles. The van der Waals surface area contributed by atoms with E-state index < -0.39 is 0 Å². The maximum Gasteiger partial charge on any atom is 0.123 e. The second-order valence-electron chi connectivity index (χ2n) is 5.64. The zero-order valence-electron chi connectivity index (χ0n) is 12.7. The number of benzene rings is 1. The Kier molecular flexibility index (Phi) is 6.32. The molecule has 0 aromatic heterocycles. The molecule has 1 rings (SSSR count). The summed E-state index contributed by atoms with van der Waals surface area (Å²) in [7, 11) is 1.69. The second-order valence-corrected chi connectivity index (χ2v) is 5.64. The lowest BCUT2D eigenvalue weighted by Crippen LogP contribution is -2.35. The molecule has 1 aromatic rings. The molecule has 0 saturated heterocycles. The van der Waals surface area contributed by atoms with E-state index in [1.165, 1.54) is 5.56 Å². The van der Waals surface area contributed by atoms with Crippen LogP contribution in [0.25, 0.3) is 0 Å². The lowest BCUT2D eigenvalue weighted by atomic mass is 10.0. The van der Waals surface area contributed by atoms with Crippen LogP contribution in [0, 0.1) is 12.8 Å². The van der Waals surface area contributed by atoms with Crippen LogP contribution in [0.1, 0.15) is 44.4 Å². The second kappa shape index (κ2) is 7.51. The molecule has 2 atom stereocenters. The van der Waals surface area contributed by atoms with E-state index in [0.717, 1.165) is 17.7 Å². The number of methoxy groups -OCH3 is 1. The Balaban J connectivity index is 2.81. The summed E-state index contributed by atoms with van der Waals surface area (Å²) in [5.41, 5.74) is 2.36. The van der Waals surface area contributed by atoms with Crippen molar-refractivity contribution in [1.29, 1.82) is 0 Å². The molecule has 0 radical (unpaired) electrons. The fourth-order valence-corrected chi connectivity index (χ4v) is 2.40. The van der Waals surface area contributed by atoms with Gasteiger partial charge in [-0.1, -0.05) is 31.5 Å². The highest BCUT2D eigenvalue weighted by molar-refractivity contribution is 5.38.